The van der Waals surface area contributed by atoms with E-state index < -0.39 is 0 Å². The Balaban J connectivity index is 1.82. The second kappa shape index (κ2) is 8.18. The van der Waals surface area contributed by atoms with Gasteiger partial charge in [-0.05, 0) is 36.8 Å². The Bertz CT molecular complexity index is 1070. The standard InChI is InChI=1S/C20H20N2O5S/c1-11-7-18(23)27-15-8-12(5-6-14(11)15)21-20(28)22-13-9-16(24-2)19(26-4)17(10-13)25-3/h5-10H,1-4H3,(H2,21,22,28). The molecule has 28 heavy (non-hydrogen) atoms. The highest BCUT2D eigenvalue weighted by atomic mass is 32.1. The highest BCUT2D eigenvalue weighted by molar-refractivity contribution is 7.80. The molecule has 0 amide bonds. The molecule has 0 fully saturated rings. The number of fused-ring (bicyclic) bond motifs is 1. The van der Waals surface area contributed by atoms with Crippen molar-refractivity contribution in [3.05, 3.63) is 52.4 Å². The number of ether oxygens (including phenoxy) is 3. The number of hydrogen-bond donors (Lipinski definition) is 2. The topological polar surface area (TPSA) is 82.0 Å². The van der Waals surface area contributed by atoms with Crippen molar-refractivity contribution < 1.29 is 18.6 Å². The highest BCUT2D eigenvalue weighted by Gasteiger charge is 2.14. The van der Waals surface area contributed by atoms with E-state index in [0.717, 1.165) is 10.9 Å². The number of thiocarbonyl (C=S) groups is 1. The minimum atomic E-state index is -0.389. The summed E-state index contributed by atoms with van der Waals surface area (Å²) in [7, 11) is 4.63. The second-order valence-corrected chi connectivity index (χ2v) is 6.36. The molecule has 1 heterocycles. The Morgan fingerprint density at radius 3 is 2.18 bits per heavy atom. The van der Waals surface area contributed by atoms with Crippen molar-refractivity contribution in [3.8, 4) is 17.2 Å². The van der Waals surface area contributed by atoms with Crippen molar-refractivity contribution in [2.75, 3.05) is 32.0 Å². The maximum atomic E-state index is 11.6. The van der Waals surface area contributed by atoms with E-state index in [1.807, 2.05) is 19.1 Å². The number of benzene rings is 2. The average Bonchev–Trinajstić information content (AvgIpc) is 2.66. The molecule has 7 nitrogen and oxygen atoms in total. The predicted octanol–water partition coefficient (Wildman–Crippen LogP) is 3.94. The zero-order chi connectivity index (χ0) is 20.3. The molecule has 146 valence electrons. The monoisotopic (exact) mass is 400 g/mol. The van der Waals surface area contributed by atoms with E-state index in [9.17, 15) is 4.79 Å². The van der Waals surface area contributed by atoms with Gasteiger partial charge in [-0.3, -0.25) is 0 Å². The van der Waals surface area contributed by atoms with Gasteiger partial charge in [-0.1, -0.05) is 0 Å². The Kier molecular flexibility index (Phi) is 5.70. The molecule has 2 N–H and O–H groups in total. The maximum absolute atomic E-state index is 11.6. The molecule has 0 unspecified atom stereocenters. The summed E-state index contributed by atoms with van der Waals surface area (Å²) in [6, 6.07) is 10.4. The average molecular weight is 400 g/mol. The fraction of sp³-hybridized carbons (Fsp3) is 0.200. The van der Waals surface area contributed by atoms with Gasteiger partial charge in [-0.15, -0.1) is 0 Å². The van der Waals surface area contributed by atoms with Gasteiger partial charge in [0.05, 0.1) is 21.3 Å². The van der Waals surface area contributed by atoms with Crippen LogP contribution in [0.25, 0.3) is 11.0 Å². The first kappa shape index (κ1) is 19.5. The number of nitrogens with one attached hydrogen (secondary N) is 2. The third kappa shape index (κ3) is 4.01. The van der Waals surface area contributed by atoms with Crippen LogP contribution >= 0.6 is 12.2 Å². The lowest BCUT2D eigenvalue weighted by Gasteiger charge is -2.16. The van der Waals surface area contributed by atoms with Crippen LogP contribution in [0, 0.1) is 6.92 Å². The third-order valence-electron chi connectivity index (χ3n) is 4.13. The SMILES string of the molecule is COc1cc(NC(=S)Nc2ccc3c(C)cc(=O)oc3c2)cc(OC)c1OC. The van der Waals surface area contributed by atoms with E-state index in [-0.39, 0.29) is 5.63 Å². The van der Waals surface area contributed by atoms with Crippen molar-refractivity contribution in [3.63, 3.8) is 0 Å². The molecule has 0 atom stereocenters. The molecule has 0 spiro atoms. The minimum Gasteiger partial charge on any atom is -0.493 e. The number of methoxy groups -OCH3 is 3. The van der Waals surface area contributed by atoms with Gasteiger partial charge in [0.15, 0.2) is 16.6 Å². The predicted molar refractivity (Wildman–Crippen MR) is 113 cm³/mol. The van der Waals surface area contributed by atoms with Gasteiger partial charge in [0.2, 0.25) is 5.75 Å². The van der Waals surface area contributed by atoms with E-state index in [0.29, 0.717) is 39.3 Å². The minimum absolute atomic E-state index is 0.351. The zero-order valence-corrected chi connectivity index (χ0v) is 16.7. The molecular weight excluding hydrogens is 380 g/mol. The molecule has 3 rings (SSSR count). The summed E-state index contributed by atoms with van der Waals surface area (Å²) in [5.74, 6) is 1.51. The molecule has 0 aliphatic carbocycles. The lowest BCUT2D eigenvalue weighted by Crippen LogP contribution is -2.19. The van der Waals surface area contributed by atoms with Crippen LogP contribution < -0.4 is 30.5 Å². The fourth-order valence-corrected chi connectivity index (χ4v) is 3.09. The van der Waals surface area contributed by atoms with Crippen LogP contribution in [0.4, 0.5) is 11.4 Å². The quantitative estimate of drug-likeness (QED) is 0.492. The molecule has 0 aliphatic heterocycles. The Morgan fingerprint density at radius 2 is 1.57 bits per heavy atom. The Labute approximate surface area is 167 Å². The molecule has 2 aromatic carbocycles. The van der Waals surface area contributed by atoms with Crippen LogP contribution in [-0.2, 0) is 0 Å². The third-order valence-corrected chi connectivity index (χ3v) is 4.34. The molecule has 0 bridgehead atoms. The van der Waals surface area contributed by atoms with Crippen molar-refractivity contribution >= 4 is 39.7 Å². The Hall–Kier alpha value is -3.26. The van der Waals surface area contributed by atoms with Crippen molar-refractivity contribution in [2.24, 2.45) is 0 Å². The van der Waals surface area contributed by atoms with Gasteiger partial charge >= 0.3 is 5.63 Å². The molecule has 0 saturated heterocycles. The van der Waals surface area contributed by atoms with Crippen LogP contribution in [0.15, 0.2) is 45.6 Å². The molecule has 3 aromatic rings. The van der Waals surface area contributed by atoms with E-state index in [4.69, 9.17) is 30.8 Å². The largest absolute Gasteiger partial charge is 0.493 e. The fourth-order valence-electron chi connectivity index (χ4n) is 2.85. The first-order valence-electron chi connectivity index (χ1n) is 8.37. The van der Waals surface area contributed by atoms with Gasteiger partial charge in [-0.25, -0.2) is 4.79 Å². The van der Waals surface area contributed by atoms with Crippen molar-refractivity contribution in [1.82, 2.24) is 0 Å². The number of rotatable bonds is 5. The molecule has 0 saturated carbocycles. The summed E-state index contributed by atoms with van der Waals surface area (Å²) in [5, 5.41) is 7.36. The van der Waals surface area contributed by atoms with Gasteiger partial charge in [-0.2, -0.15) is 0 Å². The molecule has 0 aliphatic rings. The van der Waals surface area contributed by atoms with Crippen LogP contribution in [0.3, 0.4) is 0 Å². The molecule has 0 radical (unpaired) electrons. The zero-order valence-electron chi connectivity index (χ0n) is 15.9. The number of anilines is 2. The van der Waals surface area contributed by atoms with Gasteiger partial charge in [0.1, 0.15) is 5.58 Å². The van der Waals surface area contributed by atoms with E-state index >= 15 is 0 Å². The van der Waals surface area contributed by atoms with Crippen molar-refractivity contribution in [2.45, 2.75) is 6.92 Å². The molecule has 8 heteroatoms. The van der Waals surface area contributed by atoms with Crippen LogP contribution in [-0.4, -0.2) is 26.4 Å². The summed E-state index contributed by atoms with van der Waals surface area (Å²) in [5.41, 5.74) is 2.31. The first-order chi connectivity index (χ1) is 13.4. The first-order valence-corrected chi connectivity index (χ1v) is 8.78. The van der Waals surface area contributed by atoms with E-state index in [1.165, 1.54) is 6.07 Å². The van der Waals surface area contributed by atoms with Crippen LogP contribution in [0.2, 0.25) is 0 Å². The molecule has 1 aromatic heterocycles. The van der Waals surface area contributed by atoms with Crippen molar-refractivity contribution in [1.29, 1.82) is 0 Å². The van der Waals surface area contributed by atoms with E-state index in [1.54, 1.807) is 39.5 Å². The lowest BCUT2D eigenvalue weighted by molar-refractivity contribution is 0.324. The summed E-state index contributed by atoms with van der Waals surface area (Å²) in [6.45, 7) is 1.86. The molecular formula is C20H20N2O5S. The highest BCUT2D eigenvalue weighted by Crippen LogP contribution is 2.39. The normalized spacial score (nSPS) is 10.4. The summed E-state index contributed by atoms with van der Waals surface area (Å²) in [4.78, 5) is 11.6. The van der Waals surface area contributed by atoms with Gasteiger partial charge < -0.3 is 29.3 Å². The van der Waals surface area contributed by atoms with Gasteiger partial charge in [0.25, 0.3) is 0 Å². The maximum Gasteiger partial charge on any atom is 0.336 e. The Morgan fingerprint density at radius 1 is 0.929 bits per heavy atom. The number of aryl methyl sites for hydroxylation is 1. The lowest BCUT2D eigenvalue weighted by atomic mass is 10.1. The van der Waals surface area contributed by atoms with Gasteiger partial charge in [0, 0.05) is 41.0 Å². The summed E-state index contributed by atoms with van der Waals surface area (Å²) in [6.07, 6.45) is 0. The summed E-state index contributed by atoms with van der Waals surface area (Å²) >= 11 is 5.39. The van der Waals surface area contributed by atoms with Crippen LogP contribution in [0.5, 0.6) is 17.2 Å². The second-order valence-electron chi connectivity index (χ2n) is 5.95. The number of hydrogen-bond acceptors (Lipinski definition) is 6. The summed E-state index contributed by atoms with van der Waals surface area (Å²) < 4.78 is 21.3. The smallest absolute Gasteiger partial charge is 0.336 e. The van der Waals surface area contributed by atoms with E-state index in [2.05, 4.69) is 10.6 Å². The van der Waals surface area contributed by atoms with Crippen LogP contribution in [0.1, 0.15) is 5.56 Å².